The van der Waals surface area contributed by atoms with E-state index in [9.17, 15) is 13.6 Å². The Morgan fingerprint density at radius 3 is 2.43 bits per heavy atom. The minimum atomic E-state index is -0.902. The molecule has 0 aromatic heterocycles. The third-order valence-corrected chi connectivity index (χ3v) is 4.50. The maximum absolute atomic E-state index is 13.3. The highest BCUT2D eigenvalue weighted by Crippen LogP contribution is 2.30. The Morgan fingerprint density at radius 1 is 1.24 bits per heavy atom. The molecule has 2 N–H and O–H groups in total. The van der Waals surface area contributed by atoms with Crippen LogP contribution in [-0.2, 0) is 4.79 Å². The first-order chi connectivity index (χ1) is 9.85. The molecule has 0 spiro atoms. The van der Waals surface area contributed by atoms with E-state index in [1.54, 1.807) is 14.0 Å². The number of amides is 1. The molecule has 1 amide bonds. The molecule has 3 nitrogen and oxygen atoms in total. The number of nitrogens with two attached hydrogens (primary N) is 1. The predicted molar refractivity (Wildman–Crippen MR) is 77.5 cm³/mol. The van der Waals surface area contributed by atoms with Crippen LogP contribution in [0, 0.1) is 11.6 Å². The molecule has 0 aliphatic heterocycles. The molecule has 21 heavy (non-hydrogen) atoms. The molecule has 0 heterocycles. The SMILES string of the molecule is CC(c1ccc(F)c(F)c1)N(C)C(=O)C1(N)CCCCC1. The molecule has 1 aliphatic rings. The van der Waals surface area contributed by atoms with Gasteiger partial charge in [-0.25, -0.2) is 8.78 Å². The van der Waals surface area contributed by atoms with E-state index in [1.807, 2.05) is 0 Å². The Morgan fingerprint density at radius 2 is 1.86 bits per heavy atom. The third-order valence-electron chi connectivity index (χ3n) is 4.50. The van der Waals surface area contributed by atoms with Gasteiger partial charge >= 0.3 is 0 Å². The van der Waals surface area contributed by atoms with Crippen molar-refractivity contribution >= 4 is 5.91 Å². The number of benzene rings is 1. The number of carbonyl (C=O) groups excluding carboxylic acids is 1. The van der Waals surface area contributed by atoms with E-state index >= 15 is 0 Å². The van der Waals surface area contributed by atoms with Crippen molar-refractivity contribution in [3.05, 3.63) is 35.4 Å². The summed E-state index contributed by atoms with van der Waals surface area (Å²) in [5.74, 6) is -1.91. The zero-order chi connectivity index (χ0) is 15.6. The predicted octanol–water partition coefficient (Wildman–Crippen LogP) is 3.15. The van der Waals surface area contributed by atoms with Crippen LogP contribution in [-0.4, -0.2) is 23.4 Å². The van der Waals surface area contributed by atoms with Crippen molar-refractivity contribution in [1.29, 1.82) is 0 Å². The molecule has 2 rings (SSSR count). The van der Waals surface area contributed by atoms with Gasteiger partial charge in [-0.3, -0.25) is 4.79 Å². The van der Waals surface area contributed by atoms with Gasteiger partial charge in [0.15, 0.2) is 11.6 Å². The lowest BCUT2D eigenvalue weighted by Gasteiger charge is -2.37. The molecule has 1 unspecified atom stereocenters. The molecule has 1 atom stereocenters. The van der Waals surface area contributed by atoms with Crippen LogP contribution in [0.4, 0.5) is 8.78 Å². The van der Waals surface area contributed by atoms with E-state index in [-0.39, 0.29) is 11.9 Å². The quantitative estimate of drug-likeness (QED) is 0.931. The molecular weight excluding hydrogens is 274 g/mol. The summed E-state index contributed by atoms with van der Waals surface area (Å²) in [7, 11) is 1.66. The Labute approximate surface area is 124 Å². The Balaban J connectivity index is 2.16. The summed E-state index contributed by atoms with van der Waals surface area (Å²) in [4.78, 5) is 14.2. The van der Waals surface area contributed by atoms with Crippen LogP contribution in [0.3, 0.4) is 0 Å². The van der Waals surface area contributed by atoms with Gasteiger partial charge in [0.25, 0.3) is 0 Å². The van der Waals surface area contributed by atoms with Crippen LogP contribution in [0.1, 0.15) is 50.6 Å². The molecule has 5 heteroatoms. The zero-order valence-electron chi connectivity index (χ0n) is 12.5. The summed E-state index contributed by atoms with van der Waals surface area (Å²) in [5.41, 5.74) is 5.99. The maximum atomic E-state index is 13.3. The Kier molecular flexibility index (Phi) is 4.61. The van der Waals surface area contributed by atoms with Gasteiger partial charge in [0.2, 0.25) is 5.91 Å². The largest absolute Gasteiger partial charge is 0.337 e. The van der Waals surface area contributed by atoms with Crippen molar-refractivity contribution in [3.8, 4) is 0 Å². The van der Waals surface area contributed by atoms with Crippen LogP contribution in [0.15, 0.2) is 18.2 Å². The molecule has 0 radical (unpaired) electrons. The van der Waals surface area contributed by atoms with Crippen LogP contribution in [0.2, 0.25) is 0 Å². The molecular formula is C16H22F2N2O. The molecule has 0 saturated heterocycles. The van der Waals surface area contributed by atoms with Gasteiger partial charge in [-0.2, -0.15) is 0 Å². The fraction of sp³-hybridized carbons (Fsp3) is 0.562. The van der Waals surface area contributed by atoms with Crippen LogP contribution < -0.4 is 5.73 Å². The fourth-order valence-electron chi connectivity index (χ4n) is 2.92. The summed E-state index contributed by atoms with van der Waals surface area (Å²) in [6.45, 7) is 1.79. The lowest BCUT2D eigenvalue weighted by molar-refractivity contribution is -0.138. The van der Waals surface area contributed by atoms with Gasteiger partial charge < -0.3 is 10.6 Å². The van der Waals surface area contributed by atoms with Crippen molar-refractivity contribution in [1.82, 2.24) is 4.90 Å². The summed E-state index contributed by atoms with van der Waals surface area (Å²) >= 11 is 0. The van der Waals surface area contributed by atoms with E-state index in [2.05, 4.69) is 0 Å². The molecule has 1 aromatic carbocycles. The van der Waals surface area contributed by atoms with Gasteiger partial charge in [0.1, 0.15) is 0 Å². The van der Waals surface area contributed by atoms with Crippen LogP contribution >= 0.6 is 0 Å². The highest BCUT2D eigenvalue weighted by Gasteiger charge is 2.38. The van der Waals surface area contributed by atoms with Crippen molar-refractivity contribution in [3.63, 3.8) is 0 Å². The van der Waals surface area contributed by atoms with Crippen LogP contribution in [0.5, 0.6) is 0 Å². The number of nitrogens with zero attached hydrogens (tertiary/aromatic N) is 1. The number of hydrogen-bond acceptors (Lipinski definition) is 2. The first kappa shape index (κ1) is 15.9. The molecule has 1 aromatic rings. The first-order valence-corrected chi connectivity index (χ1v) is 7.36. The minimum Gasteiger partial charge on any atom is -0.337 e. The van der Waals surface area contributed by atoms with Crippen LogP contribution in [0.25, 0.3) is 0 Å². The van der Waals surface area contributed by atoms with Gasteiger partial charge in [-0.15, -0.1) is 0 Å². The van der Waals surface area contributed by atoms with E-state index in [4.69, 9.17) is 5.73 Å². The average molecular weight is 296 g/mol. The minimum absolute atomic E-state index is 0.126. The first-order valence-electron chi connectivity index (χ1n) is 7.36. The second kappa shape index (κ2) is 6.10. The van der Waals surface area contributed by atoms with Crippen molar-refractivity contribution in [2.24, 2.45) is 5.73 Å². The number of rotatable bonds is 3. The fourth-order valence-corrected chi connectivity index (χ4v) is 2.92. The Hall–Kier alpha value is -1.49. The summed E-state index contributed by atoms with van der Waals surface area (Å²) in [6, 6.07) is 3.36. The average Bonchev–Trinajstić information content (AvgIpc) is 2.48. The van der Waals surface area contributed by atoms with Gasteiger partial charge in [0.05, 0.1) is 11.6 Å². The topological polar surface area (TPSA) is 46.3 Å². The molecule has 1 saturated carbocycles. The molecule has 116 valence electrons. The zero-order valence-corrected chi connectivity index (χ0v) is 12.5. The third kappa shape index (κ3) is 3.23. The van der Waals surface area contributed by atoms with E-state index in [0.29, 0.717) is 18.4 Å². The summed E-state index contributed by atoms with van der Waals surface area (Å²) in [6.07, 6.45) is 4.38. The smallest absolute Gasteiger partial charge is 0.242 e. The highest BCUT2D eigenvalue weighted by molar-refractivity contribution is 5.86. The van der Waals surface area contributed by atoms with Gasteiger partial charge in [0, 0.05) is 7.05 Å². The number of halogens is 2. The van der Waals surface area contributed by atoms with Gasteiger partial charge in [-0.1, -0.05) is 25.3 Å². The van der Waals surface area contributed by atoms with Crippen molar-refractivity contribution < 1.29 is 13.6 Å². The lowest BCUT2D eigenvalue weighted by atomic mass is 9.81. The van der Waals surface area contributed by atoms with E-state index in [1.165, 1.54) is 11.0 Å². The summed E-state index contributed by atoms with van der Waals surface area (Å²) in [5, 5.41) is 0. The summed E-state index contributed by atoms with van der Waals surface area (Å²) < 4.78 is 26.3. The van der Waals surface area contributed by atoms with E-state index in [0.717, 1.165) is 31.4 Å². The lowest BCUT2D eigenvalue weighted by Crippen LogP contribution is -2.55. The molecule has 0 bridgehead atoms. The van der Waals surface area contributed by atoms with Crippen molar-refractivity contribution in [2.45, 2.75) is 50.6 Å². The highest BCUT2D eigenvalue weighted by atomic mass is 19.2. The monoisotopic (exact) mass is 296 g/mol. The number of hydrogen-bond donors (Lipinski definition) is 1. The number of carbonyl (C=O) groups is 1. The second-order valence-electron chi connectivity index (χ2n) is 5.98. The van der Waals surface area contributed by atoms with Gasteiger partial charge in [-0.05, 0) is 37.5 Å². The van der Waals surface area contributed by atoms with E-state index < -0.39 is 17.2 Å². The molecule has 1 fully saturated rings. The normalized spacial score (nSPS) is 19.1. The standard InChI is InChI=1S/C16H22F2N2O/c1-11(12-6-7-13(17)14(18)10-12)20(2)15(21)16(19)8-4-3-5-9-16/h6-7,10-11H,3-5,8-9,19H2,1-2H3. The molecule has 1 aliphatic carbocycles. The second-order valence-corrected chi connectivity index (χ2v) is 5.98. The Bertz CT molecular complexity index is 527. The van der Waals surface area contributed by atoms with Crippen molar-refractivity contribution in [2.75, 3.05) is 7.05 Å². The maximum Gasteiger partial charge on any atom is 0.242 e. The number of likely N-dealkylation sites (N-methyl/N-ethyl adjacent to an activating group) is 1.